The fourth-order valence-electron chi connectivity index (χ4n) is 1.10. The number of halogens is 1. The molecule has 1 fully saturated rings. The van der Waals surface area contributed by atoms with Crippen LogP contribution in [-0.4, -0.2) is 23.3 Å². The van der Waals surface area contributed by atoms with Crippen molar-refractivity contribution in [2.45, 2.75) is 18.9 Å². The van der Waals surface area contributed by atoms with E-state index in [1.807, 2.05) is 0 Å². The SMILES string of the molecule is O=C(O)NC1CC(C(=O)F)C1. The number of carboxylic acid groups (broad SMARTS) is 1. The first-order chi connectivity index (χ1) is 5.09. The second-order valence-corrected chi connectivity index (χ2v) is 2.62. The van der Waals surface area contributed by atoms with Gasteiger partial charge < -0.3 is 10.4 Å². The minimum atomic E-state index is -1.34. The van der Waals surface area contributed by atoms with Crippen LogP contribution < -0.4 is 5.32 Å². The van der Waals surface area contributed by atoms with Gasteiger partial charge in [0.25, 0.3) is 0 Å². The maximum absolute atomic E-state index is 11.8. The smallest absolute Gasteiger partial charge is 0.404 e. The Hall–Kier alpha value is -1.13. The van der Waals surface area contributed by atoms with Crippen molar-refractivity contribution in [3.8, 4) is 0 Å². The quantitative estimate of drug-likeness (QED) is 0.580. The largest absolute Gasteiger partial charge is 0.465 e. The van der Waals surface area contributed by atoms with Gasteiger partial charge in [-0.15, -0.1) is 0 Å². The van der Waals surface area contributed by atoms with Crippen molar-refractivity contribution in [1.29, 1.82) is 0 Å². The molecule has 0 unspecified atom stereocenters. The van der Waals surface area contributed by atoms with Crippen LogP contribution in [0.2, 0.25) is 0 Å². The Morgan fingerprint density at radius 3 is 2.36 bits per heavy atom. The van der Waals surface area contributed by atoms with E-state index in [0.29, 0.717) is 12.8 Å². The van der Waals surface area contributed by atoms with Crippen molar-refractivity contribution in [3.63, 3.8) is 0 Å². The third kappa shape index (κ3) is 1.89. The van der Waals surface area contributed by atoms with E-state index in [0.717, 1.165) is 0 Å². The van der Waals surface area contributed by atoms with Crippen molar-refractivity contribution in [3.05, 3.63) is 0 Å². The zero-order valence-corrected chi connectivity index (χ0v) is 5.71. The van der Waals surface area contributed by atoms with Gasteiger partial charge in [0.15, 0.2) is 0 Å². The number of amides is 1. The molecule has 1 amide bonds. The number of hydrogen-bond acceptors (Lipinski definition) is 2. The topological polar surface area (TPSA) is 66.4 Å². The molecule has 0 aromatic carbocycles. The molecule has 1 aliphatic carbocycles. The van der Waals surface area contributed by atoms with E-state index >= 15 is 0 Å². The highest BCUT2D eigenvalue weighted by Crippen LogP contribution is 2.28. The third-order valence-corrected chi connectivity index (χ3v) is 1.79. The number of carbonyl (C=O) groups is 2. The molecular weight excluding hydrogens is 153 g/mol. The summed E-state index contributed by atoms with van der Waals surface area (Å²) >= 11 is 0. The predicted octanol–water partition coefficient (Wildman–Crippen LogP) is 0.529. The lowest BCUT2D eigenvalue weighted by Gasteiger charge is -2.31. The Labute approximate surface area is 62.4 Å². The van der Waals surface area contributed by atoms with Gasteiger partial charge in [-0.05, 0) is 12.8 Å². The Morgan fingerprint density at radius 1 is 1.45 bits per heavy atom. The number of rotatable bonds is 2. The molecule has 4 nitrogen and oxygen atoms in total. The molecule has 0 heterocycles. The molecule has 1 saturated carbocycles. The van der Waals surface area contributed by atoms with E-state index in [-0.39, 0.29) is 6.04 Å². The van der Waals surface area contributed by atoms with Gasteiger partial charge in [0, 0.05) is 6.04 Å². The summed E-state index contributed by atoms with van der Waals surface area (Å²) in [5, 5.41) is 10.3. The van der Waals surface area contributed by atoms with Gasteiger partial charge in [0.05, 0.1) is 5.92 Å². The average Bonchev–Trinajstić information content (AvgIpc) is 1.75. The molecular formula is C6H8FNO3. The molecule has 2 N–H and O–H groups in total. The third-order valence-electron chi connectivity index (χ3n) is 1.79. The molecule has 0 aliphatic heterocycles. The van der Waals surface area contributed by atoms with E-state index in [2.05, 4.69) is 5.32 Å². The minimum absolute atomic E-state index is 0.239. The molecule has 0 bridgehead atoms. The Kier molecular flexibility index (Phi) is 2.07. The number of carbonyl (C=O) groups excluding carboxylic acids is 1. The van der Waals surface area contributed by atoms with E-state index < -0.39 is 18.0 Å². The van der Waals surface area contributed by atoms with Gasteiger partial charge in [-0.2, -0.15) is 4.39 Å². The summed E-state index contributed by atoms with van der Waals surface area (Å²) in [4.78, 5) is 20.0. The summed E-state index contributed by atoms with van der Waals surface area (Å²) in [6.45, 7) is 0. The lowest BCUT2D eigenvalue weighted by atomic mass is 9.81. The van der Waals surface area contributed by atoms with Crippen molar-refractivity contribution in [2.24, 2.45) is 5.92 Å². The summed E-state index contributed by atoms with van der Waals surface area (Å²) in [6.07, 6.45) is -0.539. The average molecular weight is 161 g/mol. The van der Waals surface area contributed by atoms with Crippen molar-refractivity contribution in [1.82, 2.24) is 5.32 Å². The standard InChI is InChI=1S/C6H8FNO3/c7-5(9)3-1-4(2-3)8-6(10)11/h3-4,8H,1-2H2,(H,10,11). The molecule has 0 radical (unpaired) electrons. The summed E-state index contributed by atoms with van der Waals surface area (Å²) in [5.74, 6) is -0.577. The highest BCUT2D eigenvalue weighted by molar-refractivity contribution is 5.73. The van der Waals surface area contributed by atoms with Crippen LogP contribution in [0.15, 0.2) is 0 Å². The van der Waals surface area contributed by atoms with Gasteiger partial charge in [-0.25, -0.2) is 4.79 Å². The molecule has 62 valence electrons. The van der Waals surface area contributed by atoms with Gasteiger partial charge >= 0.3 is 12.1 Å². The molecule has 0 atom stereocenters. The summed E-state index contributed by atoms with van der Waals surface area (Å²) in [6, 6.07) is -1.58. The minimum Gasteiger partial charge on any atom is -0.465 e. The van der Waals surface area contributed by atoms with Crippen LogP contribution in [0.1, 0.15) is 12.8 Å². The molecule has 1 rings (SSSR count). The molecule has 1 aliphatic rings. The molecule has 0 saturated heterocycles. The zero-order valence-electron chi connectivity index (χ0n) is 5.71. The van der Waals surface area contributed by atoms with Gasteiger partial charge in [-0.3, -0.25) is 4.79 Å². The number of nitrogens with one attached hydrogen (secondary N) is 1. The van der Waals surface area contributed by atoms with Crippen molar-refractivity contribution in [2.75, 3.05) is 0 Å². The maximum Gasteiger partial charge on any atom is 0.404 e. The first-order valence-electron chi connectivity index (χ1n) is 3.28. The van der Waals surface area contributed by atoms with Gasteiger partial charge in [0.2, 0.25) is 0 Å². The molecule has 0 spiro atoms. The lowest BCUT2D eigenvalue weighted by Crippen LogP contribution is -2.45. The second kappa shape index (κ2) is 2.86. The normalized spacial score (nSPS) is 28.8. The Morgan fingerprint density at radius 2 is 2.00 bits per heavy atom. The van der Waals surface area contributed by atoms with E-state index in [1.54, 1.807) is 0 Å². The fraction of sp³-hybridized carbons (Fsp3) is 0.667. The van der Waals surface area contributed by atoms with E-state index in [9.17, 15) is 14.0 Å². The first-order valence-corrected chi connectivity index (χ1v) is 3.28. The number of hydrogen-bond donors (Lipinski definition) is 2. The summed E-state index contributed by atoms with van der Waals surface area (Å²) in [5.41, 5.74) is 0. The van der Waals surface area contributed by atoms with E-state index in [4.69, 9.17) is 5.11 Å². The van der Waals surface area contributed by atoms with Gasteiger partial charge in [0.1, 0.15) is 0 Å². The van der Waals surface area contributed by atoms with Crippen molar-refractivity contribution < 1.29 is 19.1 Å². The molecule has 0 aromatic rings. The van der Waals surface area contributed by atoms with E-state index in [1.165, 1.54) is 0 Å². The van der Waals surface area contributed by atoms with Crippen LogP contribution in [0.25, 0.3) is 0 Å². The maximum atomic E-state index is 11.8. The first kappa shape index (κ1) is 7.97. The molecule has 0 aromatic heterocycles. The highest BCUT2D eigenvalue weighted by Gasteiger charge is 2.35. The van der Waals surface area contributed by atoms with Crippen LogP contribution in [0.3, 0.4) is 0 Å². The fourth-order valence-corrected chi connectivity index (χ4v) is 1.10. The van der Waals surface area contributed by atoms with Gasteiger partial charge in [-0.1, -0.05) is 0 Å². The Bertz CT molecular complexity index is 188. The predicted molar refractivity (Wildman–Crippen MR) is 33.8 cm³/mol. The Balaban J connectivity index is 2.19. The highest BCUT2D eigenvalue weighted by atomic mass is 19.1. The lowest BCUT2D eigenvalue weighted by molar-refractivity contribution is -0.137. The zero-order chi connectivity index (χ0) is 8.43. The summed E-state index contributed by atoms with van der Waals surface area (Å²) in [7, 11) is 0. The molecule has 11 heavy (non-hydrogen) atoms. The monoisotopic (exact) mass is 161 g/mol. The second-order valence-electron chi connectivity index (χ2n) is 2.62. The summed E-state index contributed by atoms with van der Waals surface area (Å²) < 4.78 is 11.8. The molecule has 5 heteroatoms. The van der Waals surface area contributed by atoms with Crippen LogP contribution in [-0.2, 0) is 4.79 Å². The van der Waals surface area contributed by atoms with Crippen LogP contribution >= 0.6 is 0 Å². The van der Waals surface area contributed by atoms with Crippen LogP contribution in [0.4, 0.5) is 9.18 Å². The van der Waals surface area contributed by atoms with Crippen LogP contribution in [0.5, 0.6) is 0 Å². The van der Waals surface area contributed by atoms with Crippen LogP contribution in [0, 0.1) is 5.92 Å². The van der Waals surface area contributed by atoms with Crippen molar-refractivity contribution >= 4 is 12.1 Å².